The monoisotopic (exact) mass is 207 g/mol. The summed E-state index contributed by atoms with van der Waals surface area (Å²) in [6.07, 6.45) is 1.51. The summed E-state index contributed by atoms with van der Waals surface area (Å²) in [7, 11) is 1.52. The van der Waals surface area contributed by atoms with E-state index in [1.165, 1.54) is 13.4 Å². The van der Waals surface area contributed by atoms with Gasteiger partial charge in [-0.25, -0.2) is 0 Å². The van der Waals surface area contributed by atoms with Crippen LogP contribution in [0.2, 0.25) is 5.02 Å². The van der Waals surface area contributed by atoms with Crippen molar-refractivity contribution < 1.29 is 9.15 Å². The second kappa shape index (κ2) is 3.24. The molecule has 0 amide bonds. The molecule has 0 unspecified atom stereocenters. The van der Waals surface area contributed by atoms with Crippen molar-refractivity contribution in [2.45, 2.75) is 0 Å². The van der Waals surface area contributed by atoms with Crippen molar-refractivity contribution >= 4 is 22.6 Å². The van der Waals surface area contributed by atoms with Gasteiger partial charge < -0.3 is 9.15 Å². The highest BCUT2D eigenvalue weighted by Gasteiger charge is 2.13. The van der Waals surface area contributed by atoms with Crippen molar-refractivity contribution in [3.8, 4) is 11.8 Å². The van der Waals surface area contributed by atoms with Crippen LogP contribution in [-0.4, -0.2) is 7.11 Å². The Labute approximate surface area is 85.4 Å². The van der Waals surface area contributed by atoms with E-state index < -0.39 is 0 Å². The fraction of sp³-hybridized carbons (Fsp3) is 0.100. The van der Waals surface area contributed by atoms with Gasteiger partial charge in [0.25, 0.3) is 0 Å². The van der Waals surface area contributed by atoms with Gasteiger partial charge in [0.1, 0.15) is 6.07 Å². The van der Waals surface area contributed by atoms with Gasteiger partial charge in [-0.1, -0.05) is 11.6 Å². The van der Waals surface area contributed by atoms with E-state index in [2.05, 4.69) is 0 Å². The molecule has 0 spiro atoms. The van der Waals surface area contributed by atoms with Crippen LogP contribution in [0.25, 0.3) is 11.0 Å². The van der Waals surface area contributed by atoms with Gasteiger partial charge >= 0.3 is 0 Å². The molecule has 0 saturated heterocycles. The van der Waals surface area contributed by atoms with E-state index in [1.54, 1.807) is 12.1 Å². The number of halogens is 1. The molecule has 0 aliphatic heterocycles. The lowest BCUT2D eigenvalue weighted by molar-refractivity contribution is 0.410. The normalized spacial score (nSPS) is 10.1. The molecule has 0 radical (unpaired) electrons. The average Bonchev–Trinajstić information content (AvgIpc) is 2.68. The lowest BCUT2D eigenvalue weighted by Gasteiger charge is -2.02. The first-order valence-corrected chi connectivity index (χ1v) is 4.29. The molecule has 0 N–H and O–H groups in total. The molecule has 0 aliphatic carbocycles. The van der Waals surface area contributed by atoms with Crippen LogP contribution in [0.15, 0.2) is 22.8 Å². The second-order valence-electron chi connectivity index (χ2n) is 2.72. The molecular formula is C10H6ClNO2. The van der Waals surface area contributed by atoms with Gasteiger partial charge in [0.2, 0.25) is 0 Å². The number of hydrogen-bond donors (Lipinski definition) is 0. The van der Waals surface area contributed by atoms with Gasteiger partial charge in [-0.05, 0) is 6.07 Å². The van der Waals surface area contributed by atoms with Crippen LogP contribution in [0.1, 0.15) is 5.56 Å². The van der Waals surface area contributed by atoms with Crippen molar-refractivity contribution in [3.05, 3.63) is 29.0 Å². The maximum atomic E-state index is 8.81. The Balaban J connectivity index is 2.89. The Morgan fingerprint density at radius 1 is 1.57 bits per heavy atom. The molecule has 1 aromatic heterocycles. The number of furan rings is 1. The third-order valence-electron chi connectivity index (χ3n) is 1.98. The highest BCUT2D eigenvalue weighted by Crippen LogP contribution is 2.34. The molecule has 0 bridgehead atoms. The summed E-state index contributed by atoms with van der Waals surface area (Å²) in [5.41, 5.74) is 0.953. The first kappa shape index (κ1) is 8.92. The van der Waals surface area contributed by atoms with E-state index in [0.29, 0.717) is 27.3 Å². The van der Waals surface area contributed by atoms with E-state index >= 15 is 0 Å². The van der Waals surface area contributed by atoms with Gasteiger partial charge in [-0.3, -0.25) is 0 Å². The molecule has 0 saturated carbocycles. The third kappa shape index (κ3) is 1.12. The fourth-order valence-electron chi connectivity index (χ4n) is 1.31. The van der Waals surface area contributed by atoms with Gasteiger partial charge in [0.05, 0.1) is 24.0 Å². The highest BCUT2D eigenvalue weighted by atomic mass is 35.5. The zero-order valence-corrected chi connectivity index (χ0v) is 8.13. The van der Waals surface area contributed by atoms with Crippen LogP contribution in [0, 0.1) is 11.3 Å². The largest absolute Gasteiger partial charge is 0.493 e. The Morgan fingerprint density at radius 3 is 3.00 bits per heavy atom. The summed E-state index contributed by atoms with van der Waals surface area (Å²) in [6.45, 7) is 0. The average molecular weight is 208 g/mol. The van der Waals surface area contributed by atoms with Crippen LogP contribution in [0.4, 0.5) is 0 Å². The molecule has 3 nitrogen and oxygen atoms in total. The number of benzene rings is 1. The number of ether oxygens (including phenoxy) is 1. The summed E-state index contributed by atoms with van der Waals surface area (Å²) in [4.78, 5) is 0. The zero-order chi connectivity index (χ0) is 10.1. The van der Waals surface area contributed by atoms with Gasteiger partial charge in [-0.15, -0.1) is 0 Å². The molecule has 0 atom stereocenters. The van der Waals surface area contributed by atoms with Gasteiger partial charge in [0.15, 0.2) is 11.3 Å². The molecular weight excluding hydrogens is 202 g/mol. The summed E-state index contributed by atoms with van der Waals surface area (Å²) in [5, 5.41) is 9.91. The molecule has 0 aliphatic rings. The van der Waals surface area contributed by atoms with Crippen molar-refractivity contribution in [2.75, 3.05) is 7.11 Å². The number of fused-ring (bicyclic) bond motifs is 1. The number of rotatable bonds is 1. The van der Waals surface area contributed by atoms with Gasteiger partial charge in [0, 0.05) is 11.5 Å². The third-order valence-corrected chi connectivity index (χ3v) is 2.38. The Kier molecular flexibility index (Phi) is 2.06. The van der Waals surface area contributed by atoms with Crippen molar-refractivity contribution in [1.29, 1.82) is 5.26 Å². The highest BCUT2D eigenvalue weighted by molar-refractivity contribution is 6.36. The van der Waals surface area contributed by atoms with Crippen LogP contribution in [-0.2, 0) is 0 Å². The van der Waals surface area contributed by atoms with Crippen molar-refractivity contribution in [3.63, 3.8) is 0 Å². The summed E-state index contributed by atoms with van der Waals surface area (Å²) in [5.74, 6) is 0.519. The summed E-state index contributed by atoms with van der Waals surface area (Å²) >= 11 is 5.97. The smallest absolute Gasteiger partial charge is 0.177 e. The van der Waals surface area contributed by atoms with Crippen molar-refractivity contribution in [2.24, 2.45) is 0 Å². The molecule has 2 aromatic rings. The first-order chi connectivity index (χ1) is 6.77. The predicted molar refractivity (Wildman–Crippen MR) is 52.5 cm³/mol. The number of hydrogen-bond acceptors (Lipinski definition) is 3. The topological polar surface area (TPSA) is 46.2 Å². The number of methoxy groups -OCH3 is 1. The standard InChI is InChI=1S/C10H6ClNO2/c1-13-8-4-6(5-12)9(11)7-2-3-14-10(7)8/h2-4H,1H3. The van der Waals surface area contributed by atoms with Crippen LogP contribution < -0.4 is 4.74 Å². The van der Waals surface area contributed by atoms with Crippen LogP contribution in [0.3, 0.4) is 0 Å². The van der Waals surface area contributed by atoms with Gasteiger partial charge in [-0.2, -0.15) is 5.26 Å². The van der Waals surface area contributed by atoms with Crippen LogP contribution >= 0.6 is 11.6 Å². The second-order valence-corrected chi connectivity index (χ2v) is 3.09. The zero-order valence-electron chi connectivity index (χ0n) is 7.37. The first-order valence-electron chi connectivity index (χ1n) is 3.91. The Hall–Kier alpha value is -1.66. The maximum Gasteiger partial charge on any atom is 0.177 e. The molecule has 1 heterocycles. The minimum atomic E-state index is 0.386. The number of nitrogens with zero attached hydrogens (tertiary/aromatic N) is 1. The summed E-state index contributed by atoms with van der Waals surface area (Å²) < 4.78 is 10.3. The maximum absolute atomic E-state index is 8.81. The SMILES string of the molecule is COc1cc(C#N)c(Cl)c2ccoc12. The quantitative estimate of drug-likeness (QED) is 0.722. The fourth-order valence-corrected chi connectivity index (χ4v) is 1.56. The van der Waals surface area contributed by atoms with E-state index in [1.807, 2.05) is 6.07 Å². The lowest BCUT2D eigenvalue weighted by atomic mass is 10.1. The van der Waals surface area contributed by atoms with E-state index in [4.69, 9.17) is 26.0 Å². The minimum Gasteiger partial charge on any atom is -0.493 e. The van der Waals surface area contributed by atoms with Crippen LogP contribution in [0.5, 0.6) is 5.75 Å². The molecule has 14 heavy (non-hydrogen) atoms. The number of nitriles is 1. The molecule has 0 fully saturated rings. The molecule has 2 rings (SSSR count). The molecule has 1 aromatic carbocycles. The van der Waals surface area contributed by atoms with Crippen molar-refractivity contribution in [1.82, 2.24) is 0 Å². The van der Waals surface area contributed by atoms with E-state index in [9.17, 15) is 0 Å². The molecule has 4 heteroatoms. The molecule has 70 valence electrons. The minimum absolute atomic E-state index is 0.386. The van der Waals surface area contributed by atoms with E-state index in [-0.39, 0.29) is 0 Å². The Morgan fingerprint density at radius 2 is 2.36 bits per heavy atom. The summed E-state index contributed by atoms with van der Waals surface area (Å²) in [6, 6.07) is 5.27. The predicted octanol–water partition coefficient (Wildman–Crippen LogP) is 2.97. The van der Waals surface area contributed by atoms with E-state index in [0.717, 1.165) is 0 Å². The Bertz CT molecular complexity index is 525. The lowest BCUT2D eigenvalue weighted by Crippen LogP contribution is -1.86.